The third-order valence-corrected chi connectivity index (χ3v) is 2.97. The highest BCUT2D eigenvalue weighted by Gasteiger charge is 2.11. The van der Waals surface area contributed by atoms with Crippen LogP contribution < -0.4 is 0 Å². The lowest BCUT2D eigenvalue weighted by molar-refractivity contribution is 0.627. The fourth-order valence-electron chi connectivity index (χ4n) is 1.64. The molecule has 17 heavy (non-hydrogen) atoms. The van der Waals surface area contributed by atoms with Crippen molar-refractivity contribution in [1.29, 1.82) is 0 Å². The Kier molecular flexibility index (Phi) is 3.11. The third-order valence-electron chi connectivity index (χ3n) is 2.71. The Hall–Kier alpha value is -1.48. The molecule has 0 aliphatic heterocycles. The van der Waals surface area contributed by atoms with E-state index in [0.29, 0.717) is 10.8 Å². The molecule has 0 bridgehead atoms. The van der Waals surface area contributed by atoms with Gasteiger partial charge in [0.1, 0.15) is 11.5 Å². The molecule has 2 aromatic rings. The molecule has 0 atom stereocenters. The van der Waals surface area contributed by atoms with Gasteiger partial charge in [0.15, 0.2) is 5.15 Å². The lowest BCUT2D eigenvalue weighted by Gasteiger charge is -2.09. The zero-order valence-corrected chi connectivity index (χ0v) is 10.6. The normalized spacial score (nSPS) is 10.6. The van der Waals surface area contributed by atoms with Crippen LogP contribution in [0.1, 0.15) is 17.0 Å². The molecule has 0 saturated carbocycles. The van der Waals surface area contributed by atoms with Gasteiger partial charge in [-0.25, -0.2) is 14.4 Å². The second-order valence-corrected chi connectivity index (χ2v) is 4.35. The summed E-state index contributed by atoms with van der Waals surface area (Å²) in [4.78, 5) is 8.64. The molecule has 2 rings (SSSR count). The summed E-state index contributed by atoms with van der Waals surface area (Å²) in [5, 5.41) is 0.350. The number of hydrogen-bond donors (Lipinski definition) is 0. The van der Waals surface area contributed by atoms with E-state index in [2.05, 4.69) is 9.97 Å². The van der Waals surface area contributed by atoms with Crippen LogP contribution in [0.3, 0.4) is 0 Å². The Balaban J connectivity index is 2.64. The van der Waals surface area contributed by atoms with Crippen LogP contribution in [0.4, 0.5) is 4.39 Å². The van der Waals surface area contributed by atoms with Crippen LogP contribution in [-0.2, 0) is 0 Å². The number of benzene rings is 1. The van der Waals surface area contributed by atoms with E-state index in [9.17, 15) is 4.39 Å². The van der Waals surface area contributed by atoms with Crippen LogP contribution in [0.15, 0.2) is 18.2 Å². The third kappa shape index (κ3) is 2.29. The molecule has 0 saturated heterocycles. The smallest absolute Gasteiger partial charge is 0.155 e. The number of rotatable bonds is 1. The molecule has 0 unspecified atom stereocenters. The summed E-state index contributed by atoms with van der Waals surface area (Å²) in [5.41, 5.74) is 3.84. The van der Waals surface area contributed by atoms with Gasteiger partial charge in [-0.15, -0.1) is 0 Å². The van der Waals surface area contributed by atoms with Gasteiger partial charge in [-0.1, -0.05) is 11.6 Å². The second-order valence-electron chi connectivity index (χ2n) is 3.99. The molecule has 0 radical (unpaired) electrons. The molecular weight excluding hydrogens is 239 g/mol. The number of halogens is 2. The average Bonchev–Trinajstić information content (AvgIpc) is 2.24. The maximum Gasteiger partial charge on any atom is 0.155 e. The van der Waals surface area contributed by atoms with E-state index in [1.54, 1.807) is 6.07 Å². The van der Waals surface area contributed by atoms with Crippen molar-refractivity contribution in [2.24, 2.45) is 0 Å². The first kappa shape index (κ1) is 12.0. The zero-order chi connectivity index (χ0) is 12.6. The summed E-state index contributed by atoms with van der Waals surface area (Å²) < 4.78 is 13.0. The van der Waals surface area contributed by atoms with Crippen molar-refractivity contribution < 1.29 is 4.39 Å². The van der Waals surface area contributed by atoms with Gasteiger partial charge in [0, 0.05) is 5.56 Å². The van der Waals surface area contributed by atoms with Gasteiger partial charge in [-0.05, 0) is 44.5 Å². The summed E-state index contributed by atoms with van der Waals surface area (Å²) in [6.45, 7) is 5.56. The lowest BCUT2D eigenvalue weighted by atomic mass is 10.1. The van der Waals surface area contributed by atoms with Crippen LogP contribution >= 0.6 is 11.6 Å². The number of hydrogen-bond acceptors (Lipinski definition) is 2. The summed E-state index contributed by atoms with van der Waals surface area (Å²) in [6, 6.07) is 4.54. The van der Waals surface area contributed by atoms with Gasteiger partial charge < -0.3 is 0 Å². The second kappa shape index (κ2) is 4.41. The van der Waals surface area contributed by atoms with E-state index in [0.717, 1.165) is 22.5 Å². The maximum atomic E-state index is 13.0. The van der Waals surface area contributed by atoms with Crippen LogP contribution in [0.2, 0.25) is 5.15 Å². The standard InChI is InChI=1S/C13H12ClFN2/c1-7-6-10(15)4-5-11(7)12-13(14)17-9(3)8(2)16-12/h4-6H,1-3H3. The molecule has 4 heteroatoms. The van der Waals surface area contributed by atoms with Crippen molar-refractivity contribution >= 4 is 11.6 Å². The van der Waals surface area contributed by atoms with Gasteiger partial charge in [-0.3, -0.25) is 0 Å². The molecule has 1 aromatic heterocycles. The number of nitrogens with zero attached hydrogens (tertiary/aromatic N) is 2. The van der Waals surface area contributed by atoms with E-state index in [1.807, 2.05) is 20.8 Å². The predicted molar refractivity (Wildman–Crippen MR) is 66.6 cm³/mol. The van der Waals surface area contributed by atoms with Crippen LogP contribution in [0.25, 0.3) is 11.3 Å². The Labute approximate surface area is 104 Å². The van der Waals surface area contributed by atoms with E-state index >= 15 is 0 Å². The summed E-state index contributed by atoms with van der Waals surface area (Å²) in [6.07, 6.45) is 0. The van der Waals surface area contributed by atoms with Crippen LogP contribution in [0, 0.1) is 26.6 Å². The minimum absolute atomic E-state index is 0.265. The summed E-state index contributed by atoms with van der Waals surface area (Å²) in [5.74, 6) is -0.265. The molecule has 0 aliphatic carbocycles. The molecule has 1 aromatic carbocycles. The molecule has 0 fully saturated rings. The zero-order valence-electron chi connectivity index (χ0n) is 9.88. The Bertz CT molecular complexity index is 582. The fourth-order valence-corrected chi connectivity index (χ4v) is 1.91. The highest BCUT2D eigenvalue weighted by molar-refractivity contribution is 6.31. The first-order valence-electron chi connectivity index (χ1n) is 5.26. The largest absolute Gasteiger partial charge is 0.248 e. The lowest BCUT2D eigenvalue weighted by Crippen LogP contribution is -1.97. The molecule has 2 nitrogen and oxygen atoms in total. The molecular formula is C13H12ClFN2. The first-order valence-corrected chi connectivity index (χ1v) is 5.64. The van der Waals surface area contributed by atoms with Crippen molar-refractivity contribution in [3.05, 3.63) is 46.1 Å². The Morgan fingerprint density at radius 2 is 1.71 bits per heavy atom. The predicted octanol–water partition coefficient (Wildman–Crippen LogP) is 3.86. The monoisotopic (exact) mass is 250 g/mol. The topological polar surface area (TPSA) is 25.8 Å². The average molecular weight is 251 g/mol. The minimum atomic E-state index is -0.265. The van der Waals surface area contributed by atoms with Gasteiger partial charge in [0.05, 0.1) is 11.4 Å². The summed E-state index contributed by atoms with van der Waals surface area (Å²) >= 11 is 6.08. The number of aryl methyl sites for hydroxylation is 3. The molecule has 0 aliphatic rings. The van der Waals surface area contributed by atoms with E-state index < -0.39 is 0 Å². The molecule has 1 heterocycles. The minimum Gasteiger partial charge on any atom is -0.248 e. The SMILES string of the molecule is Cc1cc(F)ccc1-c1nc(C)c(C)nc1Cl. The van der Waals surface area contributed by atoms with E-state index in [4.69, 9.17) is 11.6 Å². The quantitative estimate of drug-likeness (QED) is 0.768. The Morgan fingerprint density at radius 1 is 1.06 bits per heavy atom. The van der Waals surface area contributed by atoms with Crippen molar-refractivity contribution in [3.63, 3.8) is 0 Å². The van der Waals surface area contributed by atoms with Crippen LogP contribution in [-0.4, -0.2) is 9.97 Å². The van der Waals surface area contributed by atoms with Crippen molar-refractivity contribution in [3.8, 4) is 11.3 Å². The molecule has 0 N–H and O–H groups in total. The highest BCUT2D eigenvalue weighted by atomic mass is 35.5. The van der Waals surface area contributed by atoms with Crippen molar-refractivity contribution in [2.45, 2.75) is 20.8 Å². The van der Waals surface area contributed by atoms with Crippen LogP contribution in [0.5, 0.6) is 0 Å². The van der Waals surface area contributed by atoms with Gasteiger partial charge in [-0.2, -0.15) is 0 Å². The molecule has 0 spiro atoms. The van der Waals surface area contributed by atoms with Gasteiger partial charge in [0.2, 0.25) is 0 Å². The van der Waals surface area contributed by atoms with Gasteiger partial charge in [0.25, 0.3) is 0 Å². The number of aromatic nitrogens is 2. The van der Waals surface area contributed by atoms with E-state index in [1.165, 1.54) is 12.1 Å². The van der Waals surface area contributed by atoms with E-state index in [-0.39, 0.29) is 5.82 Å². The Morgan fingerprint density at radius 3 is 2.35 bits per heavy atom. The molecule has 0 amide bonds. The maximum absolute atomic E-state index is 13.0. The fraction of sp³-hybridized carbons (Fsp3) is 0.231. The first-order chi connectivity index (χ1) is 7.99. The van der Waals surface area contributed by atoms with Crippen molar-refractivity contribution in [1.82, 2.24) is 9.97 Å². The molecule has 88 valence electrons. The highest BCUT2D eigenvalue weighted by Crippen LogP contribution is 2.28. The van der Waals surface area contributed by atoms with Crippen molar-refractivity contribution in [2.75, 3.05) is 0 Å². The van der Waals surface area contributed by atoms with Gasteiger partial charge >= 0.3 is 0 Å². The summed E-state index contributed by atoms with van der Waals surface area (Å²) in [7, 11) is 0.